The molecular formula is C12H14F2N2O. The van der Waals surface area contributed by atoms with E-state index in [-0.39, 0.29) is 17.6 Å². The maximum absolute atomic E-state index is 13.6. The summed E-state index contributed by atoms with van der Waals surface area (Å²) in [6, 6.07) is 3.56. The topological polar surface area (TPSA) is 32.3 Å². The fourth-order valence-corrected chi connectivity index (χ4v) is 2.08. The van der Waals surface area contributed by atoms with Crippen LogP contribution in [0.1, 0.15) is 12.8 Å². The summed E-state index contributed by atoms with van der Waals surface area (Å²) < 4.78 is 26.7. The molecule has 1 unspecified atom stereocenters. The lowest BCUT2D eigenvalue weighted by Crippen LogP contribution is -2.50. The van der Waals surface area contributed by atoms with Crippen LogP contribution in [0.3, 0.4) is 0 Å². The van der Waals surface area contributed by atoms with Gasteiger partial charge in [0.15, 0.2) is 11.6 Å². The fraction of sp³-hybridized carbons (Fsp3) is 0.417. The van der Waals surface area contributed by atoms with Gasteiger partial charge < -0.3 is 10.2 Å². The number of amides is 1. The van der Waals surface area contributed by atoms with Crippen LogP contribution in [-0.2, 0) is 4.79 Å². The van der Waals surface area contributed by atoms with Gasteiger partial charge in [0.1, 0.15) is 0 Å². The summed E-state index contributed by atoms with van der Waals surface area (Å²) in [5.41, 5.74) is 0.0231. The second kappa shape index (κ2) is 4.79. The molecule has 1 heterocycles. The third-order valence-electron chi connectivity index (χ3n) is 3.01. The standard InChI is InChI=1S/C12H14F2N2O/c1-15-9-5-3-7-16(12(9)17)10-6-2-4-8(13)11(10)14/h2,4,6,9,15H,3,5,7H2,1H3. The highest BCUT2D eigenvalue weighted by atomic mass is 19.2. The normalized spacial score (nSPS) is 20.8. The molecule has 0 saturated carbocycles. The zero-order chi connectivity index (χ0) is 12.4. The number of rotatable bonds is 2. The van der Waals surface area contributed by atoms with Crippen molar-refractivity contribution in [2.24, 2.45) is 0 Å². The van der Waals surface area contributed by atoms with Crippen molar-refractivity contribution in [2.45, 2.75) is 18.9 Å². The van der Waals surface area contributed by atoms with Gasteiger partial charge in [-0.05, 0) is 32.0 Å². The molecule has 17 heavy (non-hydrogen) atoms. The zero-order valence-electron chi connectivity index (χ0n) is 9.54. The number of piperidine rings is 1. The number of carbonyl (C=O) groups excluding carboxylic acids is 1. The highest BCUT2D eigenvalue weighted by Gasteiger charge is 2.30. The highest BCUT2D eigenvalue weighted by molar-refractivity contribution is 5.98. The average molecular weight is 240 g/mol. The molecule has 0 aliphatic carbocycles. The van der Waals surface area contributed by atoms with E-state index in [0.29, 0.717) is 6.54 Å². The van der Waals surface area contributed by atoms with Gasteiger partial charge in [0, 0.05) is 6.54 Å². The number of carbonyl (C=O) groups is 1. The van der Waals surface area contributed by atoms with Crippen molar-refractivity contribution in [1.82, 2.24) is 5.32 Å². The number of nitrogens with one attached hydrogen (secondary N) is 1. The summed E-state index contributed by atoms with van der Waals surface area (Å²) in [5.74, 6) is -2.09. The van der Waals surface area contributed by atoms with Crippen molar-refractivity contribution in [3.63, 3.8) is 0 Å². The molecule has 0 aromatic heterocycles. The Balaban J connectivity index is 2.33. The molecule has 0 spiro atoms. The first-order valence-corrected chi connectivity index (χ1v) is 5.58. The van der Waals surface area contributed by atoms with E-state index in [2.05, 4.69) is 5.32 Å². The molecule has 5 heteroatoms. The lowest BCUT2D eigenvalue weighted by atomic mass is 10.0. The first-order valence-electron chi connectivity index (χ1n) is 5.58. The number of anilines is 1. The number of nitrogens with zero attached hydrogens (tertiary/aromatic N) is 1. The maximum atomic E-state index is 13.6. The highest BCUT2D eigenvalue weighted by Crippen LogP contribution is 2.25. The smallest absolute Gasteiger partial charge is 0.244 e. The van der Waals surface area contributed by atoms with Crippen LogP contribution in [0.2, 0.25) is 0 Å². The van der Waals surface area contributed by atoms with Gasteiger partial charge in [-0.25, -0.2) is 8.78 Å². The molecular weight excluding hydrogens is 226 g/mol. The maximum Gasteiger partial charge on any atom is 0.244 e. The summed E-state index contributed by atoms with van der Waals surface area (Å²) in [6.07, 6.45) is 1.50. The van der Waals surface area contributed by atoms with E-state index in [1.807, 2.05) is 0 Å². The van der Waals surface area contributed by atoms with E-state index in [4.69, 9.17) is 0 Å². The average Bonchev–Trinajstić information content (AvgIpc) is 2.33. The SMILES string of the molecule is CNC1CCCN(c2cccc(F)c2F)C1=O. The summed E-state index contributed by atoms with van der Waals surface area (Å²) in [4.78, 5) is 13.3. The molecule has 1 atom stereocenters. The van der Waals surface area contributed by atoms with Crippen molar-refractivity contribution >= 4 is 11.6 Å². The Kier molecular flexibility index (Phi) is 3.38. The second-order valence-electron chi connectivity index (χ2n) is 4.05. The van der Waals surface area contributed by atoms with Gasteiger partial charge in [0.05, 0.1) is 11.7 Å². The van der Waals surface area contributed by atoms with Crippen molar-refractivity contribution in [3.05, 3.63) is 29.8 Å². The van der Waals surface area contributed by atoms with Crippen molar-refractivity contribution in [1.29, 1.82) is 0 Å². The lowest BCUT2D eigenvalue weighted by molar-refractivity contribution is -0.121. The Morgan fingerprint density at radius 2 is 2.18 bits per heavy atom. The summed E-state index contributed by atoms with van der Waals surface area (Å²) in [7, 11) is 1.69. The van der Waals surface area contributed by atoms with Crippen LogP contribution < -0.4 is 10.2 Å². The van der Waals surface area contributed by atoms with E-state index in [9.17, 15) is 13.6 Å². The minimum atomic E-state index is -0.961. The molecule has 1 fully saturated rings. The van der Waals surface area contributed by atoms with Crippen LogP contribution in [0.4, 0.5) is 14.5 Å². The van der Waals surface area contributed by atoms with Crippen molar-refractivity contribution in [2.75, 3.05) is 18.5 Å². The van der Waals surface area contributed by atoms with E-state index < -0.39 is 11.6 Å². The van der Waals surface area contributed by atoms with Gasteiger partial charge in [0.25, 0.3) is 0 Å². The molecule has 0 radical (unpaired) electrons. The lowest BCUT2D eigenvalue weighted by Gasteiger charge is -2.32. The molecule has 1 aromatic rings. The van der Waals surface area contributed by atoms with Crippen LogP contribution in [0.15, 0.2) is 18.2 Å². The monoisotopic (exact) mass is 240 g/mol. The van der Waals surface area contributed by atoms with Gasteiger partial charge >= 0.3 is 0 Å². The third-order valence-corrected chi connectivity index (χ3v) is 3.01. The molecule has 3 nitrogen and oxygen atoms in total. The first-order chi connectivity index (χ1) is 8.15. The first kappa shape index (κ1) is 12.0. The Bertz CT molecular complexity index is 437. The Labute approximate surface area is 98.4 Å². The van der Waals surface area contributed by atoms with Crippen LogP contribution in [0.25, 0.3) is 0 Å². The number of likely N-dealkylation sites (N-methyl/N-ethyl adjacent to an activating group) is 1. The summed E-state index contributed by atoms with van der Waals surface area (Å²) in [5, 5.41) is 2.88. The number of halogens is 2. The fourth-order valence-electron chi connectivity index (χ4n) is 2.08. The van der Waals surface area contributed by atoms with Gasteiger partial charge in [0.2, 0.25) is 5.91 Å². The van der Waals surface area contributed by atoms with E-state index in [1.165, 1.54) is 17.0 Å². The van der Waals surface area contributed by atoms with Crippen LogP contribution >= 0.6 is 0 Å². The van der Waals surface area contributed by atoms with E-state index in [0.717, 1.165) is 18.9 Å². The van der Waals surface area contributed by atoms with Gasteiger partial charge in [-0.1, -0.05) is 6.07 Å². The van der Waals surface area contributed by atoms with E-state index in [1.54, 1.807) is 7.05 Å². The molecule has 1 N–H and O–H groups in total. The molecule has 92 valence electrons. The van der Waals surface area contributed by atoms with Gasteiger partial charge in [-0.2, -0.15) is 0 Å². The zero-order valence-corrected chi connectivity index (χ0v) is 9.54. The predicted molar refractivity (Wildman–Crippen MR) is 60.8 cm³/mol. The number of benzene rings is 1. The number of hydrogen-bond acceptors (Lipinski definition) is 2. The van der Waals surface area contributed by atoms with Crippen LogP contribution in [0, 0.1) is 11.6 Å². The molecule has 1 saturated heterocycles. The summed E-state index contributed by atoms with van der Waals surface area (Å²) >= 11 is 0. The third kappa shape index (κ3) is 2.15. The van der Waals surface area contributed by atoms with E-state index >= 15 is 0 Å². The minimum Gasteiger partial charge on any atom is -0.309 e. The van der Waals surface area contributed by atoms with Crippen LogP contribution in [-0.4, -0.2) is 25.5 Å². The molecule has 1 aliphatic heterocycles. The quantitative estimate of drug-likeness (QED) is 0.853. The van der Waals surface area contributed by atoms with Gasteiger partial charge in [-0.15, -0.1) is 0 Å². The Morgan fingerprint density at radius 3 is 2.88 bits per heavy atom. The number of hydrogen-bond donors (Lipinski definition) is 1. The van der Waals surface area contributed by atoms with Crippen molar-refractivity contribution < 1.29 is 13.6 Å². The summed E-state index contributed by atoms with van der Waals surface area (Å²) in [6.45, 7) is 0.428. The molecule has 1 amide bonds. The van der Waals surface area contributed by atoms with Crippen LogP contribution in [0.5, 0.6) is 0 Å². The second-order valence-corrected chi connectivity index (χ2v) is 4.05. The molecule has 2 rings (SSSR count). The van der Waals surface area contributed by atoms with Crippen molar-refractivity contribution in [3.8, 4) is 0 Å². The Morgan fingerprint density at radius 1 is 1.41 bits per heavy atom. The predicted octanol–water partition coefficient (Wildman–Crippen LogP) is 1.68. The molecule has 1 aromatic carbocycles. The molecule has 0 bridgehead atoms. The minimum absolute atomic E-state index is 0.0231. The Hall–Kier alpha value is -1.49. The van der Waals surface area contributed by atoms with Gasteiger partial charge in [-0.3, -0.25) is 4.79 Å². The molecule has 1 aliphatic rings. The largest absolute Gasteiger partial charge is 0.309 e.